The Hall–Kier alpha value is -0.660. The fourth-order valence-corrected chi connectivity index (χ4v) is 2.64. The Morgan fingerprint density at radius 1 is 1.35 bits per heavy atom. The van der Waals surface area contributed by atoms with E-state index < -0.39 is 10.0 Å². The van der Waals surface area contributed by atoms with E-state index in [-0.39, 0.29) is 17.7 Å². The Balaban J connectivity index is 1.73. The maximum Gasteiger partial charge on any atom is 0.239 e. The van der Waals surface area contributed by atoms with Gasteiger partial charge in [-0.15, -0.1) is 0 Å². The zero-order valence-electron chi connectivity index (χ0n) is 9.76. The van der Waals surface area contributed by atoms with Gasteiger partial charge in [-0.1, -0.05) is 0 Å². The predicted octanol–water partition coefficient (Wildman–Crippen LogP) is -0.982. The lowest BCUT2D eigenvalue weighted by molar-refractivity contribution is -0.129. The normalized spacial score (nSPS) is 25.6. The average molecular weight is 261 g/mol. The SMILES string of the molecule is NS(=O)(=O)CCCN1CCC(NC2CC2)C1=O. The summed E-state index contributed by atoms with van der Waals surface area (Å²) in [6.07, 6.45) is 3.57. The van der Waals surface area contributed by atoms with Crippen LogP contribution in [-0.2, 0) is 14.8 Å². The van der Waals surface area contributed by atoms with Crippen molar-refractivity contribution in [3.8, 4) is 0 Å². The van der Waals surface area contributed by atoms with Gasteiger partial charge in [0.05, 0.1) is 11.8 Å². The minimum atomic E-state index is -3.41. The molecule has 1 saturated heterocycles. The zero-order valence-corrected chi connectivity index (χ0v) is 10.6. The van der Waals surface area contributed by atoms with Crippen molar-refractivity contribution in [2.75, 3.05) is 18.8 Å². The third-order valence-electron chi connectivity index (χ3n) is 3.17. The fourth-order valence-electron chi connectivity index (χ4n) is 2.11. The highest BCUT2D eigenvalue weighted by atomic mass is 32.2. The molecule has 1 heterocycles. The molecule has 0 bridgehead atoms. The summed E-state index contributed by atoms with van der Waals surface area (Å²) in [4.78, 5) is 13.6. The molecule has 0 aromatic carbocycles. The number of nitrogens with one attached hydrogen (secondary N) is 1. The van der Waals surface area contributed by atoms with Crippen LogP contribution in [0.1, 0.15) is 25.7 Å². The molecule has 1 aliphatic carbocycles. The first-order valence-corrected chi connectivity index (χ1v) is 7.72. The van der Waals surface area contributed by atoms with E-state index in [1.165, 1.54) is 0 Å². The highest BCUT2D eigenvalue weighted by Crippen LogP contribution is 2.22. The number of carbonyl (C=O) groups is 1. The van der Waals surface area contributed by atoms with Crippen LogP contribution in [-0.4, -0.2) is 50.2 Å². The van der Waals surface area contributed by atoms with Gasteiger partial charge in [0.15, 0.2) is 0 Å². The number of sulfonamides is 1. The second kappa shape index (κ2) is 4.91. The van der Waals surface area contributed by atoms with Crippen molar-refractivity contribution in [3.05, 3.63) is 0 Å². The molecule has 1 aliphatic heterocycles. The molecule has 0 radical (unpaired) electrons. The van der Waals surface area contributed by atoms with Crippen LogP contribution in [0.3, 0.4) is 0 Å². The van der Waals surface area contributed by atoms with Crippen LogP contribution in [0.2, 0.25) is 0 Å². The minimum Gasteiger partial charge on any atom is -0.341 e. The summed E-state index contributed by atoms with van der Waals surface area (Å²) >= 11 is 0. The molecular weight excluding hydrogens is 242 g/mol. The maximum absolute atomic E-state index is 11.9. The van der Waals surface area contributed by atoms with Crippen molar-refractivity contribution in [1.82, 2.24) is 10.2 Å². The number of primary sulfonamides is 1. The molecule has 1 unspecified atom stereocenters. The van der Waals surface area contributed by atoms with Crippen LogP contribution in [0.15, 0.2) is 0 Å². The second-order valence-electron chi connectivity index (χ2n) is 4.83. The summed E-state index contributed by atoms with van der Waals surface area (Å²) in [5.74, 6) is 0.0450. The molecule has 2 fully saturated rings. The van der Waals surface area contributed by atoms with Crippen molar-refractivity contribution in [2.24, 2.45) is 5.14 Å². The van der Waals surface area contributed by atoms with Crippen LogP contribution in [0.5, 0.6) is 0 Å². The Morgan fingerprint density at radius 2 is 2.06 bits per heavy atom. The van der Waals surface area contributed by atoms with E-state index in [1.54, 1.807) is 4.90 Å². The number of nitrogens with zero attached hydrogens (tertiary/aromatic N) is 1. The number of hydrogen-bond acceptors (Lipinski definition) is 4. The van der Waals surface area contributed by atoms with Crippen LogP contribution in [0, 0.1) is 0 Å². The molecule has 17 heavy (non-hydrogen) atoms. The van der Waals surface area contributed by atoms with Gasteiger partial charge in [0.25, 0.3) is 0 Å². The number of carbonyl (C=O) groups excluding carboxylic acids is 1. The van der Waals surface area contributed by atoms with E-state index in [9.17, 15) is 13.2 Å². The summed E-state index contributed by atoms with van der Waals surface area (Å²) < 4.78 is 21.5. The van der Waals surface area contributed by atoms with Crippen LogP contribution >= 0.6 is 0 Å². The molecule has 7 heteroatoms. The van der Waals surface area contributed by atoms with Gasteiger partial charge in [0, 0.05) is 19.1 Å². The van der Waals surface area contributed by atoms with Crippen LogP contribution in [0.4, 0.5) is 0 Å². The van der Waals surface area contributed by atoms with Gasteiger partial charge in [-0.3, -0.25) is 4.79 Å². The van der Waals surface area contributed by atoms with E-state index in [4.69, 9.17) is 5.14 Å². The standard InChI is InChI=1S/C10H19N3O3S/c11-17(15,16)7-1-5-13-6-4-9(10(13)14)12-8-2-3-8/h8-9,12H,1-7H2,(H2,11,15,16). The van der Waals surface area contributed by atoms with Crippen molar-refractivity contribution in [3.63, 3.8) is 0 Å². The summed E-state index contributed by atoms with van der Waals surface area (Å²) in [6, 6.07) is 0.463. The number of likely N-dealkylation sites (tertiary alicyclic amines) is 1. The van der Waals surface area contributed by atoms with Gasteiger partial charge < -0.3 is 10.2 Å². The molecule has 1 saturated carbocycles. The number of rotatable bonds is 6. The van der Waals surface area contributed by atoms with Gasteiger partial charge >= 0.3 is 0 Å². The van der Waals surface area contributed by atoms with Crippen molar-refractivity contribution in [1.29, 1.82) is 0 Å². The number of hydrogen-bond donors (Lipinski definition) is 2. The van der Waals surface area contributed by atoms with E-state index in [1.807, 2.05) is 0 Å². The van der Waals surface area contributed by atoms with Gasteiger partial charge in [-0.2, -0.15) is 0 Å². The summed E-state index contributed by atoms with van der Waals surface area (Å²) in [6.45, 7) is 1.20. The number of amides is 1. The molecule has 0 spiro atoms. The Kier molecular flexibility index (Phi) is 3.70. The largest absolute Gasteiger partial charge is 0.341 e. The van der Waals surface area contributed by atoms with E-state index in [0.717, 1.165) is 19.3 Å². The van der Waals surface area contributed by atoms with Gasteiger partial charge in [-0.05, 0) is 25.7 Å². The zero-order chi connectivity index (χ0) is 12.5. The van der Waals surface area contributed by atoms with E-state index >= 15 is 0 Å². The summed E-state index contributed by atoms with van der Waals surface area (Å²) in [7, 11) is -3.41. The third kappa shape index (κ3) is 3.93. The lowest BCUT2D eigenvalue weighted by Crippen LogP contribution is -2.39. The van der Waals surface area contributed by atoms with E-state index in [2.05, 4.69) is 5.32 Å². The van der Waals surface area contributed by atoms with E-state index in [0.29, 0.717) is 25.6 Å². The van der Waals surface area contributed by atoms with Crippen LogP contribution in [0.25, 0.3) is 0 Å². The molecule has 0 aromatic rings. The molecular formula is C10H19N3O3S. The second-order valence-corrected chi connectivity index (χ2v) is 6.56. The molecule has 6 nitrogen and oxygen atoms in total. The Bertz CT molecular complexity index is 392. The third-order valence-corrected chi connectivity index (χ3v) is 4.03. The highest BCUT2D eigenvalue weighted by molar-refractivity contribution is 7.89. The predicted molar refractivity (Wildman–Crippen MR) is 63.7 cm³/mol. The maximum atomic E-state index is 11.9. The first-order chi connectivity index (χ1) is 7.96. The molecule has 1 amide bonds. The minimum absolute atomic E-state index is 0.0580. The van der Waals surface area contributed by atoms with Crippen molar-refractivity contribution < 1.29 is 13.2 Å². The lowest BCUT2D eigenvalue weighted by Gasteiger charge is -2.16. The summed E-state index contributed by atoms with van der Waals surface area (Å²) in [5, 5.41) is 8.22. The Labute approximate surface area is 102 Å². The van der Waals surface area contributed by atoms with Crippen molar-refractivity contribution in [2.45, 2.75) is 37.8 Å². The first kappa shape index (κ1) is 12.8. The first-order valence-electron chi connectivity index (χ1n) is 6.01. The van der Waals surface area contributed by atoms with Gasteiger partial charge in [0.1, 0.15) is 0 Å². The molecule has 1 atom stereocenters. The highest BCUT2D eigenvalue weighted by Gasteiger charge is 2.35. The van der Waals surface area contributed by atoms with Gasteiger partial charge in [0.2, 0.25) is 15.9 Å². The monoisotopic (exact) mass is 261 g/mol. The molecule has 3 N–H and O–H groups in total. The lowest BCUT2D eigenvalue weighted by atomic mass is 10.2. The molecule has 2 aliphatic rings. The number of nitrogens with two attached hydrogens (primary N) is 1. The van der Waals surface area contributed by atoms with Crippen LogP contribution < -0.4 is 10.5 Å². The molecule has 98 valence electrons. The smallest absolute Gasteiger partial charge is 0.239 e. The van der Waals surface area contributed by atoms with Crippen molar-refractivity contribution >= 4 is 15.9 Å². The summed E-state index contributed by atoms with van der Waals surface area (Å²) in [5.41, 5.74) is 0. The Morgan fingerprint density at radius 3 is 2.65 bits per heavy atom. The molecule has 0 aromatic heterocycles. The molecule has 2 rings (SSSR count). The quantitative estimate of drug-likeness (QED) is 0.642. The van der Waals surface area contributed by atoms with Gasteiger partial charge in [-0.25, -0.2) is 13.6 Å². The topological polar surface area (TPSA) is 92.5 Å². The average Bonchev–Trinajstić information content (AvgIpc) is 2.96. The fraction of sp³-hybridized carbons (Fsp3) is 0.900.